The SMILES string of the molecule is [2H]c1c([2H])c([2H])c(COCCCCCCCCCCCCCCC)c([2H])c1[2H]. The molecule has 1 heteroatoms. The molecule has 0 unspecified atom stereocenters. The highest BCUT2D eigenvalue weighted by Gasteiger charge is 1.95. The molecule has 0 aliphatic rings. The van der Waals surface area contributed by atoms with Crippen LogP contribution in [0, 0.1) is 0 Å². The Morgan fingerprint density at radius 3 is 1.70 bits per heavy atom. The molecule has 0 radical (unpaired) electrons. The summed E-state index contributed by atoms with van der Waals surface area (Å²) in [5.41, 5.74) is 0.251. The third-order valence-corrected chi connectivity index (χ3v) is 4.19. The van der Waals surface area contributed by atoms with Gasteiger partial charge in [-0.2, -0.15) is 0 Å². The molecular formula is C22H38O. The molecule has 0 aliphatic heterocycles. The molecular weight excluding hydrogens is 280 g/mol. The number of ether oxygens (including phenoxy) is 1. The molecule has 0 fully saturated rings. The van der Waals surface area contributed by atoms with Crippen molar-refractivity contribution in [3.63, 3.8) is 0 Å². The molecule has 1 nitrogen and oxygen atoms in total. The van der Waals surface area contributed by atoms with E-state index in [2.05, 4.69) is 6.92 Å². The zero-order chi connectivity index (χ0) is 20.8. The van der Waals surface area contributed by atoms with E-state index in [1.165, 1.54) is 70.6 Å². The van der Waals surface area contributed by atoms with Crippen molar-refractivity contribution in [1.29, 1.82) is 0 Å². The quantitative estimate of drug-likeness (QED) is 0.290. The van der Waals surface area contributed by atoms with Crippen molar-refractivity contribution in [1.82, 2.24) is 0 Å². The standard InChI is InChI=1S/C22H38O/c1-2-3-4-5-6-7-8-9-10-11-12-13-17-20-23-21-22-18-15-14-16-19-22/h14-16,18-19H,2-13,17,20-21H2,1H3/i14D,15D,16D,18D,19D. The van der Waals surface area contributed by atoms with Crippen molar-refractivity contribution in [2.45, 2.75) is 97.0 Å². The van der Waals surface area contributed by atoms with Crippen LogP contribution in [0.25, 0.3) is 0 Å². The zero-order valence-electron chi connectivity index (χ0n) is 20.0. The average Bonchev–Trinajstić information content (AvgIpc) is 2.70. The van der Waals surface area contributed by atoms with E-state index >= 15 is 0 Å². The third-order valence-electron chi connectivity index (χ3n) is 4.19. The van der Waals surface area contributed by atoms with Gasteiger partial charge in [0.05, 0.1) is 13.5 Å². The van der Waals surface area contributed by atoms with Crippen molar-refractivity contribution in [3.8, 4) is 0 Å². The maximum absolute atomic E-state index is 7.87. The van der Waals surface area contributed by atoms with E-state index in [0.717, 1.165) is 12.8 Å². The number of benzene rings is 1. The van der Waals surface area contributed by atoms with Gasteiger partial charge in [-0.15, -0.1) is 0 Å². The predicted octanol–water partition coefficient (Wildman–Crippen LogP) is 7.29. The van der Waals surface area contributed by atoms with Crippen LogP contribution < -0.4 is 0 Å². The maximum atomic E-state index is 7.87. The van der Waals surface area contributed by atoms with Gasteiger partial charge in [0.25, 0.3) is 0 Å². The van der Waals surface area contributed by atoms with E-state index in [-0.39, 0.29) is 42.4 Å². The molecule has 1 rings (SSSR count). The molecule has 0 N–H and O–H groups in total. The Morgan fingerprint density at radius 2 is 1.17 bits per heavy atom. The minimum Gasteiger partial charge on any atom is -0.377 e. The van der Waals surface area contributed by atoms with E-state index in [1.54, 1.807) is 0 Å². The van der Waals surface area contributed by atoms with Gasteiger partial charge in [0, 0.05) is 6.61 Å². The van der Waals surface area contributed by atoms with E-state index < -0.39 is 0 Å². The van der Waals surface area contributed by atoms with Gasteiger partial charge >= 0.3 is 0 Å². The summed E-state index contributed by atoms with van der Waals surface area (Å²) in [4.78, 5) is 0. The molecule has 0 amide bonds. The van der Waals surface area contributed by atoms with Crippen LogP contribution in [-0.2, 0) is 11.3 Å². The van der Waals surface area contributed by atoms with E-state index in [9.17, 15) is 0 Å². The molecule has 0 bridgehead atoms. The maximum Gasteiger partial charge on any atom is 0.0716 e. The number of hydrogen-bond acceptors (Lipinski definition) is 1. The second kappa shape index (κ2) is 16.1. The number of unbranched alkanes of at least 4 members (excludes halogenated alkanes) is 12. The molecule has 0 atom stereocenters. The highest BCUT2D eigenvalue weighted by molar-refractivity contribution is 5.13. The largest absolute Gasteiger partial charge is 0.377 e. The molecule has 0 heterocycles. The highest BCUT2D eigenvalue weighted by atomic mass is 16.5. The fraction of sp³-hybridized carbons (Fsp3) is 0.727. The van der Waals surface area contributed by atoms with Crippen LogP contribution in [0.5, 0.6) is 0 Å². The minimum absolute atomic E-state index is 0.0773. The van der Waals surface area contributed by atoms with Gasteiger partial charge in [-0.3, -0.25) is 0 Å². The van der Waals surface area contributed by atoms with Gasteiger partial charge in [-0.25, -0.2) is 0 Å². The van der Waals surface area contributed by atoms with E-state index in [1.807, 2.05) is 0 Å². The van der Waals surface area contributed by atoms with Crippen molar-refractivity contribution in [2.75, 3.05) is 6.61 Å². The smallest absolute Gasteiger partial charge is 0.0716 e. The average molecular weight is 324 g/mol. The monoisotopic (exact) mass is 323 g/mol. The molecule has 0 saturated heterocycles. The normalized spacial score (nSPS) is 14.0. The van der Waals surface area contributed by atoms with Crippen LogP contribution in [-0.4, -0.2) is 6.61 Å². The lowest BCUT2D eigenvalue weighted by Crippen LogP contribution is -1.95. The summed E-state index contributed by atoms with van der Waals surface area (Å²) in [6.45, 7) is 2.90. The summed E-state index contributed by atoms with van der Waals surface area (Å²) < 4.78 is 44.2. The molecule has 0 aliphatic carbocycles. The fourth-order valence-electron chi connectivity index (χ4n) is 2.74. The molecule has 132 valence electrons. The Labute approximate surface area is 151 Å². The first-order valence-electron chi connectivity index (χ1n) is 12.1. The summed E-state index contributed by atoms with van der Waals surface area (Å²) in [5.74, 6) is 0. The van der Waals surface area contributed by atoms with Crippen LogP contribution in [0.3, 0.4) is 0 Å². The van der Waals surface area contributed by atoms with Crippen molar-refractivity contribution < 1.29 is 11.6 Å². The van der Waals surface area contributed by atoms with Gasteiger partial charge in [0.2, 0.25) is 0 Å². The highest BCUT2D eigenvalue weighted by Crippen LogP contribution is 2.12. The molecule has 0 spiro atoms. The molecule has 1 aromatic carbocycles. The molecule has 23 heavy (non-hydrogen) atoms. The third kappa shape index (κ3) is 13.3. The van der Waals surface area contributed by atoms with Crippen molar-refractivity contribution >= 4 is 0 Å². The molecule has 0 aromatic heterocycles. The molecule has 0 saturated carbocycles. The lowest BCUT2D eigenvalue weighted by atomic mass is 10.0. The van der Waals surface area contributed by atoms with Gasteiger partial charge in [0.15, 0.2) is 0 Å². The van der Waals surface area contributed by atoms with E-state index in [0.29, 0.717) is 6.61 Å². The van der Waals surface area contributed by atoms with Gasteiger partial charge in [-0.1, -0.05) is 114 Å². The van der Waals surface area contributed by atoms with Crippen LogP contribution in [0.4, 0.5) is 0 Å². The Kier molecular flexibility index (Phi) is 9.40. The van der Waals surface area contributed by atoms with Crippen LogP contribution in [0.2, 0.25) is 0 Å². The van der Waals surface area contributed by atoms with Gasteiger partial charge in [0.1, 0.15) is 0 Å². The van der Waals surface area contributed by atoms with Crippen molar-refractivity contribution in [3.05, 3.63) is 35.8 Å². The van der Waals surface area contributed by atoms with Gasteiger partial charge < -0.3 is 4.74 Å². The molecule has 1 aromatic rings. The van der Waals surface area contributed by atoms with Crippen molar-refractivity contribution in [2.24, 2.45) is 0 Å². The summed E-state index contributed by atoms with van der Waals surface area (Å²) in [6, 6.07) is -1.25. The first kappa shape index (κ1) is 13.5. The first-order valence-corrected chi connectivity index (χ1v) is 9.64. The van der Waals surface area contributed by atoms with Crippen LogP contribution in [0.1, 0.15) is 103 Å². The second-order valence-corrected chi connectivity index (χ2v) is 6.40. The topological polar surface area (TPSA) is 9.23 Å². The zero-order valence-corrected chi connectivity index (χ0v) is 15.0. The Balaban J connectivity index is 2.02. The first-order chi connectivity index (χ1) is 13.5. The Bertz CT molecular complexity index is 533. The minimum atomic E-state index is -0.352. The summed E-state index contributed by atoms with van der Waals surface area (Å²) in [5, 5.41) is 0. The summed E-state index contributed by atoms with van der Waals surface area (Å²) in [7, 11) is 0. The van der Waals surface area contributed by atoms with Crippen LogP contribution in [0.15, 0.2) is 30.2 Å². The number of rotatable bonds is 16. The summed E-state index contributed by atoms with van der Waals surface area (Å²) >= 11 is 0. The summed E-state index contributed by atoms with van der Waals surface area (Å²) in [6.07, 6.45) is 16.9. The van der Waals surface area contributed by atoms with Gasteiger partial charge in [-0.05, 0) is 12.0 Å². The van der Waals surface area contributed by atoms with Crippen LogP contribution >= 0.6 is 0 Å². The number of hydrogen-bond donors (Lipinski definition) is 0. The lowest BCUT2D eigenvalue weighted by Gasteiger charge is -2.05. The lowest BCUT2D eigenvalue weighted by molar-refractivity contribution is 0.116. The van der Waals surface area contributed by atoms with E-state index in [4.69, 9.17) is 11.6 Å². The fourth-order valence-corrected chi connectivity index (χ4v) is 2.74. The second-order valence-electron chi connectivity index (χ2n) is 6.40. The predicted molar refractivity (Wildman–Crippen MR) is 102 cm³/mol. The Morgan fingerprint density at radius 1 is 0.696 bits per heavy atom. The Hall–Kier alpha value is -0.820.